The highest BCUT2D eigenvalue weighted by molar-refractivity contribution is 5.86. The zero-order valence-electron chi connectivity index (χ0n) is 26.6. The van der Waals surface area contributed by atoms with Crippen molar-refractivity contribution in [2.75, 3.05) is 26.7 Å². The number of aryl methyl sites for hydroxylation is 2. The lowest BCUT2D eigenvalue weighted by Crippen LogP contribution is -2.51. The molecule has 1 N–H and O–H groups in total. The van der Waals surface area contributed by atoms with E-state index < -0.39 is 12.0 Å². The number of halogens is 4. The highest BCUT2D eigenvalue weighted by atomic mass is 35.5. The first-order valence-corrected chi connectivity index (χ1v) is 15.5. The minimum atomic E-state index is -0.768. The first kappa shape index (κ1) is 37.8. The number of aliphatic carboxylic acids is 1. The Hall–Kier alpha value is -1.38. The van der Waals surface area contributed by atoms with Crippen molar-refractivity contribution in [1.82, 2.24) is 19.6 Å². The normalized spacial score (nSPS) is 23.8. The molecule has 0 amide bonds. The minimum Gasteiger partial charge on any atom is -0.480 e. The number of carboxylic acids is 1. The van der Waals surface area contributed by atoms with Crippen LogP contribution in [0.1, 0.15) is 95.2 Å². The van der Waals surface area contributed by atoms with Crippen LogP contribution in [0.2, 0.25) is 0 Å². The average Bonchev–Trinajstić information content (AvgIpc) is 3.58. The summed E-state index contributed by atoms with van der Waals surface area (Å²) in [5, 5.41) is 15.1. The van der Waals surface area contributed by atoms with Gasteiger partial charge in [-0.3, -0.25) is 14.4 Å². The monoisotopic (exact) mass is 660 g/mol. The van der Waals surface area contributed by atoms with Crippen LogP contribution in [0.25, 0.3) is 0 Å². The Balaban J connectivity index is 0.00000215. The van der Waals surface area contributed by atoms with Crippen molar-refractivity contribution in [3.63, 3.8) is 0 Å². The number of aromatic nitrogens is 2. The largest absolute Gasteiger partial charge is 0.480 e. The van der Waals surface area contributed by atoms with E-state index >= 15 is 0 Å². The molecule has 0 radical (unpaired) electrons. The molecule has 6 nitrogen and oxygen atoms in total. The van der Waals surface area contributed by atoms with Gasteiger partial charge in [0.1, 0.15) is 11.9 Å². The van der Waals surface area contributed by atoms with Crippen molar-refractivity contribution in [3.05, 3.63) is 52.6 Å². The third-order valence-corrected chi connectivity index (χ3v) is 10.4. The lowest BCUT2D eigenvalue weighted by Gasteiger charge is -2.41. The molecule has 1 spiro atoms. The molecule has 10 heteroatoms. The van der Waals surface area contributed by atoms with Gasteiger partial charge in [-0.1, -0.05) is 39.8 Å². The fourth-order valence-electron chi connectivity index (χ4n) is 8.52. The quantitative estimate of drug-likeness (QED) is 0.326. The van der Waals surface area contributed by atoms with Crippen LogP contribution < -0.4 is 0 Å². The van der Waals surface area contributed by atoms with Crippen LogP contribution in [0, 0.1) is 17.2 Å². The molecule has 5 rings (SSSR count). The molecule has 4 atom stereocenters. The lowest BCUT2D eigenvalue weighted by molar-refractivity contribution is -0.148. The molecule has 1 aromatic carbocycles. The molecule has 2 heterocycles. The second kappa shape index (κ2) is 14.8. The van der Waals surface area contributed by atoms with Crippen molar-refractivity contribution < 1.29 is 14.3 Å². The molecule has 1 aromatic heterocycles. The van der Waals surface area contributed by atoms with Crippen LogP contribution in [-0.4, -0.2) is 69.4 Å². The van der Waals surface area contributed by atoms with Crippen LogP contribution in [-0.2, 0) is 29.6 Å². The Kier molecular flexibility index (Phi) is 13.0. The Labute approximate surface area is 276 Å². The first-order chi connectivity index (χ1) is 19.0. The van der Waals surface area contributed by atoms with Crippen molar-refractivity contribution in [2.45, 2.75) is 110 Å². The Morgan fingerprint density at radius 2 is 1.81 bits per heavy atom. The van der Waals surface area contributed by atoms with Gasteiger partial charge in [0.2, 0.25) is 0 Å². The lowest BCUT2D eigenvalue weighted by atomic mass is 9.75. The number of fused-ring (bicyclic) bond motifs is 2. The standard InChI is InChI=1S/C33H49FN4O2.3ClH/c1-7-28-26-12-13-33(29(26)38(8-2)35-28)14-16-37(17-15-33)21-23-19-25(36(6)30(31(39)40)32(3,4)5)20-27(23)22-10-9-11-24(34)18-22;;;/h9-11,18,23,25,27,30H,7-8,12-17,19-21H2,1-6H3,(H,39,40);3*1H/t23-,25+,27-,30+;;;/m1.../s1. The van der Waals surface area contributed by atoms with E-state index in [0.717, 1.165) is 57.4 Å². The van der Waals surface area contributed by atoms with E-state index in [-0.39, 0.29) is 65.8 Å². The van der Waals surface area contributed by atoms with Gasteiger partial charge < -0.3 is 10.0 Å². The Bertz CT molecular complexity index is 1230. The topological polar surface area (TPSA) is 61.6 Å². The van der Waals surface area contributed by atoms with Crippen LogP contribution in [0.5, 0.6) is 0 Å². The van der Waals surface area contributed by atoms with E-state index in [1.807, 2.05) is 33.9 Å². The van der Waals surface area contributed by atoms with Crippen LogP contribution in [0.15, 0.2) is 24.3 Å². The van der Waals surface area contributed by atoms with Gasteiger partial charge in [0, 0.05) is 30.2 Å². The van der Waals surface area contributed by atoms with Gasteiger partial charge in [0.15, 0.2) is 0 Å². The third kappa shape index (κ3) is 7.38. The van der Waals surface area contributed by atoms with Gasteiger partial charge in [-0.05, 0) is 113 Å². The van der Waals surface area contributed by atoms with E-state index in [0.29, 0.717) is 5.92 Å². The van der Waals surface area contributed by atoms with Gasteiger partial charge in [0.05, 0.1) is 5.69 Å². The molecule has 1 aliphatic heterocycles. The predicted molar refractivity (Wildman–Crippen MR) is 179 cm³/mol. The number of likely N-dealkylation sites (tertiary alicyclic amines) is 1. The van der Waals surface area contributed by atoms with E-state index in [4.69, 9.17) is 5.10 Å². The Morgan fingerprint density at radius 1 is 1.14 bits per heavy atom. The molecule has 1 saturated heterocycles. The molecule has 2 fully saturated rings. The van der Waals surface area contributed by atoms with E-state index in [1.54, 1.807) is 6.07 Å². The number of nitrogens with zero attached hydrogens (tertiary/aromatic N) is 4. The summed E-state index contributed by atoms with van der Waals surface area (Å²) < 4.78 is 16.6. The van der Waals surface area contributed by atoms with Crippen molar-refractivity contribution in [3.8, 4) is 0 Å². The van der Waals surface area contributed by atoms with Gasteiger partial charge in [-0.25, -0.2) is 4.39 Å². The summed E-state index contributed by atoms with van der Waals surface area (Å²) in [5.74, 6) is -0.373. The number of rotatable bonds is 8. The summed E-state index contributed by atoms with van der Waals surface area (Å²) in [6.45, 7) is 14.5. The Morgan fingerprint density at radius 3 is 2.37 bits per heavy atom. The molecule has 2 aliphatic carbocycles. The van der Waals surface area contributed by atoms with Gasteiger partial charge in [-0.2, -0.15) is 5.10 Å². The fraction of sp³-hybridized carbons (Fsp3) is 0.697. The summed E-state index contributed by atoms with van der Waals surface area (Å²) >= 11 is 0. The fourth-order valence-corrected chi connectivity index (χ4v) is 8.52. The van der Waals surface area contributed by atoms with Gasteiger partial charge in [0.25, 0.3) is 0 Å². The third-order valence-electron chi connectivity index (χ3n) is 10.4. The first-order valence-electron chi connectivity index (χ1n) is 15.5. The minimum absolute atomic E-state index is 0. The number of carbonyl (C=O) groups is 1. The molecule has 0 unspecified atom stereocenters. The van der Waals surface area contributed by atoms with Crippen molar-refractivity contribution >= 4 is 43.2 Å². The maximum atomic E-state index is 14.3. The molecule has 3 aliphatic rings. The maximum absolute atomic E-state index is 14.3. The van der Waals surface area contributed by atoms with Gasteiger partial charge in [-0.15, -0.1) is 37.2 Å². The highest BCUT2D eigenvalue weighted by Gasteiger charge is 2.47. The molecular formula is C33H52Cl3FN4O2. The van der Waals surface area contributed by atoms with E-state index in [2.05, 4.69) is 34.4 Å². The number of hydrogen-bond donors (Lipinski definition) is 1. The summed E-state index contributed by atoms with van der Waals surface area (Å²) in [5.41, 5.74) is 5.27. The zero-order valence-corrected chi connectivity index (χ0v) is 29.1. The molecule has 2 aromatic rings. The predicted octanol–water partition coefficient (Wildman–Crippen LogP) is 7.14. The number of piperidine rings is 1. The second-order valence-corrected chi connectivity index (χ2v) is 13.8. The number of benzene rings is 1. The molecular weight excluding hydrogens is 610 g/mol. The highest BCUT2D eigenvalue weighted by Crippen LogP contribution is 2.49. The summed E-state index contributed by atoms with van der Waals surface area (Å²) in [6.07, 6.45) is 7.55. The average molecular weight is 662 g/mol. The van der Waals surface area contributed by atoms with E-state index in [1.165, 1.54) is 42.3 Å². The van der Waals surface area contributed by atoms with Crippen LogP contribution in [0.3, 0.4) is 0 Å². The summed E-state index contributed by atoms with van der Waals surface area (Å²) in [4.78, 5) is 17.0. The number of hydrogen-bond acceptors (Lipinski definition) is 4. The zero-order chi connectivity index (χ0) is 28.8. The summed E-state index contributed by atoms with van der Waals surface area (Å²) in [6, 6.07) is 6.68. The SMILES string of the molecule is CCc1nn(CC)c2c1CCC21CCN(C[C@H]2C[C@H](N(C)[C@@H](C(=O)O)C(C)(C)C)C[C@@H]2c2cccc(F)c2)CC1.Cl.Cl.Cl. The van der Waals surface area contributed by atoms with Crippen molar-refractivity contribution in [1.29, 1.82) is 0 Å². The van der Waals surface area contributed by atoms with Crippen molar-refractivity contribution in [2.24, 2.45) is 11.3 Å². The maximum Gasteiger partial charge on any atom is 0.321 e. The van der Waals surface area contributed by atoms with Gasteiger partial charge >= 0.3 is 5.97 Å². The van der Waals surface area contributed by atoms with Crippen LogP contribution >= 0.6 is 37.2 Å². The number of carboxylic acid groups (broad SMARTS) is 1. The molecule has 244 valence electrons. The molecule has 1 saturated carbocycles. The van der Waals surface area contributed by atoms with E-state index in [9.17, 15) is 14.3 Å². The number of likely N-dealkylation sites (N-methyl/N-ethyl adjacent to an activating group) is 1. The summed E-state index contributed by atoms with van der Waals surface area (Å²) in [7, 11) is 1.98. The smallest absolute Gasteiger partial charge is 0.321 e. The second-order valence-electron chi connectivity index (χ2n) is 13.8. The van der Waals surface area contributed by atoms with Crippen LogP contribution in [0.4, 0.5) is 4.39 Å². The molecule has 43 heavy (non-hydrogen) atoms. The molecule has 0 bridgehead atoms.